The molecule has 0 bridgehead atoms. The number of carbonyl (C=O) groups excluding carboxylic acids is 2. The maximum Gasteiger partial charge on any atom is 0.338 e. The number of fused-ring (bicyclic) bond motifs is 1. The van der Waals surface area contributed by atoms with Crippen LogP contribution in [0.2, 0.25) is 0 Å². The Morgan fingerprint density at radius 1 is 0.800 bits per heavy atom. The molecule has 3 heterocycles. The number of aliphatic hydroxyl groups is 1. The van der Waals surface area contributed by atoms with Crippen LogP contribution in [0.5, 0.6) is 0 Å². The zero-order valence-corrected chi connectivity index (χ0v) is 28.0. The van der Waals surface area contributed by atoms with Gasteiger partial charge in [0, 0.05) is 23.4 Å². The number of rotatable bonds is 10. The van der Waals surface area contributed by atoms with Crippen molar-refractivity contribution >= 4 is 29.5 Å². The summed E-state index contributed by atoms with van der Waals surface area (Å²) in [7, 11) is 0. The standard InChI is InChI=1S/C40H34N2O7S/c1-24-34(23-50-36-33(39(46)47)10-5-19-41-36)48-40(49-35(24)28-13-11-25(22-43)12-14-28)29-17-15-27(16-18-29)30-7-4-6-26(20-30)21-42-37(44)31-8-2-3-9-32(31)38(42)45/h2-20,24,34-35,40,43H,21-23H2,1H3,(H,46,47)/t24-,34+,35+,40+/m1/s1. The Hall–Kier alpha value is -5.13. The first-order valence-electron chi connectivity index (χ1n) is 16.3. The van der Waals surface area contributed by atoms with Crippen LogP contribution >= 0.6 is 11.8 Å². The molecule has 7 rings (SSSR count). The van der Waals surface area contributed by atoms with Crippen LogP contribution in [0.4, 0.5) is 0 Å². The van der Waals surface area contributed by atoms with Crippen molar-refractivity contribution in [2.75, 3.05) is 5.75 Å². The second-order valence-electron chi connectivity index (χ2n) is 12.4. The number of hydrogen-bond donors (Lipinski definition) is 2. The zero-order valence-electron chi connectivity index (χ0n) is 27.1. The Morgan fingerprint density at radius 3 is 2.18 bits per heavy atom. The van der Waals surface area contributed by atoms with Crippen molar-refractivity contribution in [3.63, 3.8) is 0 Å². The lowest BCUT2D eigenvalue weighted by Gasteiger charge is -2.41. The Labute approximate surface area is 293 Å². The number of thioether (sulfide) groups is 1. The minimum absolute atomic E-state index is 0.0552. The minimum Gasteiger partial charge on any atom is -0.478 e. The number of carboxylic acid groups (broad SMARTS) is 1. The summed E-state index contributed by atoms with van der Waals surface area (Å²) < 4.78 is 13.2. The van der Waals surface area contributed by atoms with Gasteiger partial charge in [0.05, 0.1) is 42.0 Å². The first-order valence-corrected chi connectivity index (χ1v) is 17.3. The van der Waals surface area contributed by atoms with E-state index in [2.05, 4.69) is 11.9 Å². The Kier molecular flexibility index (Phi) is 9.60. The van der Waals surface area contributed by atoms with Gasteiger partial charge >= 0.3 is 5.97 Å². The largest absolute Gasteiger partial charge is 0.478 e. The van der Waals surface area contributed by atoms with Gasteiger partial charge in [0.2, 0.25) is 0 Å². The van der Waals surface area contributed by atoms with E-state index in [-0.39, 0.29) is 48.7 Å². The van der Waals surface area contributed by atoms with Crippen molar-refractivity contribution in [2.24, 2.45) is 5.92 Å². The van der Waals surface area contributed by atoms with Gasteiger partial charge in [-0.2, -0.15) is 0 Å². The number of hydrogen-bond acceptors (Lipinski definition) is 8. The molecule has 1 fully saturated rings. The number of ether oxygens (including phenoxy) is 2. The third kappa shape index (κ3) is 6.71. The second kappa shape index (κ2) is 14.4. The van der Waals surface area contributed by atoms with Gasteiger partial charge in [0.15, 0.2) is 6.29 Å². The van der Waals surface area contributed by atoms with E-state index in [4.69, 9.17) is 9.47 Å². The molecular weight excluding hydrogens is 653 g/mol. The predicted molar refractivity (Wildman–Crippen MR) is 187 cm³/mol. The number of pyridine rings is 1. The molecule has 2 amide bonds. The lowest BCUT2D eigenvalue weighted by Crippen LogP contribution is -2.38. The van der Waals surface area contributed by atoms with E-state index in [9.17, 15) is 24.6 Å². The van der Waals surface area contributed by atoms with E-state index >= 15 is 0 Å². The van der Waals surface area contributed by atoms with Crippen LogP contribution in [-0.2, 0) is 22.6 Å². The smallest absolute Gasteiger partial charge is 0.338 e. The normalized spacial score (nSPS) is 20.2. The second-order valence-corrected chi connectivity index (χ2v) is 13.4. The Balaban J connectivity index is 1.11. The quantitative estimate of drug-likeness (QED) is 0.115. The van der Waals surface area contributed by atoms with Gasteiger partial charge < -0.3 is 19.7 Å². The molecule has 2 aliphatic heterocycles. The van der Waals surface area contributed by atoms with Crippen LogP contribution in [-0.4, -0.2) is 49.7 Å². The molecule has 10 heteroatoms. The van der Waals surface area contributed by atoms with Gasteiger partial charge in [-0.25, -0.2) is 9.78 Å². The fourth-order valence-corrected chi connectivity index (χ4v) is 7.54. The van der Waals surface area contributed by atoms with Gasteiger partial charge in [-0.3, -0.25) is 14.5 Å². The van der Waals surface area contributed by atoms with Crippen molar-refractivity contribution in [1.82, 2.24) is 9.88 Å². The molecule has 4 aromatic carbocycles. The van der Waals surface area contributed by atoms with E-state index in [1.807, 2.05) is 72.8 Å². The lowest BCUT2D eigenvalue weighted by atomic mass is 9.91. The SMILES string of the molecule is C[C@@H]1[C@H](CSc2ncccc2C(=O)O)O[C@H](c2ccc(-c3cccc(CN4C(=O)c5ccccc5C4=O)c3)cc2)O[C@@H]1c1ccc(CO)cc1. The molecule has 50 heavy (non-hydrogen) atoms. The lowest BCUT2D eigenvalue weighted by molar-refractivity contribution is -0.268. The minimum atomic E-state index is -1.03. The third-order valence-electron chi connectivity index (χ3n) is 9.17. The number of aliphatic hydroxyl groups excluding tert-OH is 1. The molecule has 5 aromatic rings. The Morgan fingerprint density at radius 2 is 1.50 bits per heavy atom. The number of carbonyl (C=O) groups is 3. The highest BCUT2D eigenvalue weighted by atomic mass is 32.2. The monoisotopic (exact) mass is 686 g/mol. The number of nitrogens with zero attached hydrogens (tertiary/aromatic N) is 2. The van der Waals surface area contributed by atoms with Crippen molar-refractivity contribution in [3.8, 4) is 11.1 Å². The molecular formula is C40H34N2O7S. The molecule has 0 spiro atoms. The van der Waals surface area contributed by atoms with Crippen LogP contribution in [0.25, 0.3) is 11.1 Å². The van der Waals surface area contributed by atoms with Gasteiger partial charge in [0.1, 0.15) is 5.03 Å². The topological polar surface area (TPSA) is 126 Å². The van der Waals surface area contributed by atoms with Crippen LogP contribution in [0.1, 0.15) is 72.6 Å². The molecule has 4 atom stereocenters. The molecule has 0 unspecified atom stereocenters. The highest BCUT2D eigenvalue weighted by Crippen LogP contribution is 2.43. The summed E-state index contributed by atoms with van der Waals surface area (Å²) in [5.41, 5.74) is 6.30. The van der Waals surface area contributed by atoms with Crippen LogP contribution in [0, 0.1) is 5.92 Å². The van der Waals surface area contributed by atoms with Crippen LogP contribution in [0.15, 0.2) is 120 Å². The number of amides is 2. The van der Waals surface area contributed by atoms with E-state index < -0.39 is 12.3 Å². The van der Waals surface area contributed by atoms with E-state index in [1.54, 1.807) is 42.6 Å². The fourth-order valence-electron chi connectivity index (χ4n) is 6.39. The molecule has 1 saturated heterocycles. The number of benzene rings is 4. The molecule has 2 N–H and O–H groups in total. The first kappa shape index (κ1) is 33.4. The summed E-state index contributed by atoms with van der Waals surface area (Å²) >= 11 is 1.34. The molecule has 0 saturated carbocycles. The number of imide groups is 1. The van der Waals surface area contributed by atoms with Gasteiger partial charge in [-0.1, -0.05) is 85.8 Å². The van der Waals surface area contributed by atoms with Gasteiger partial charge in [-0.15, -0.1) is 11.8 Å². The molecule has 0 aliphatic carbocycles. The summed E-state index contributed by atoms with van der Waals surface area (Å²) in [6.45, 7) is 2.17. The summed E-state index contributed by atoms with van der Waals surface area (Å²) in [5.74, 6) is -1.23. The predicted octanol–water partition coefficient (Wildman–Crippen LogP) is 7.32. The maximum absolute atomic E-state index is 12.9. The van der Waals surface area contributed by atoms with Crippen LogP contribution in [0.3, 0.4) is 0 Å². The van der Waals surface area contributed by atoms with E-state index in [0.717, 1.165) is 33.4 Å². The number of aromatic carboxylic acids is 1. The molecule has 252 valence electrons. The highest BCUT2D eigenvalue weighted by Gasteiger charge is 2.39. The molecule has 0 radical (unpaired) electrons. The average molecular weight is 687 g/mol. The summed E-state index contributed by atoms with van der Waals surface area (Å²) in [6, 6.07) is 33.4. The highest BCUT2D eigenvalue weighted by molar-refractivity contribution is 7.99. The summed E-state index contributed by atoms with van der Waals surface area (Å²) in [4.78, 5) is 43.3. The average Bonchev–Trinajstić information content (AvgIpc) is 3.39. The summed E-state index contributed by atoms with van der Waals surface area (Å²) in [5, 5.41) is 19.7. The summed E-state index contributed by atoms with van der Waals surface area (Å²) in [6.07, 6.45) is 0.256. The van der Waals surface area contributed by atoms with Crippen molar-refractivity contribution in [2.45, 2.75) is 43.6 Å². The van der Waals surface area contributed by atoms with Crippen molar-refractivity contribution in [1.29, 1.82) is 0 Å². The van der Waals surface area contributed by atoms with Gasteiger partial charge in [-0.05, 0) is 58.1 Å². The molecule has 1 aromatic heterocycles. The van der Waals surface area contributed by atoms with Crippen molar-refractivity contribution in [3.05, 3.63) is 154 Å². The molecule has 2 aliphatic rings. The zero-order chi connectivity index (χ0) is 34.8. The Bertz CT molecular complexity index is 2020. The van der Waals surface area contributed by atoms with E-state index in [0.29, 0.717) is 21.9 Å². The third-order valence-corrected chi connectivity index (χ3v) is 10.3. The van der Waals surface area contributed by atoms with Crippen molar-refractivity contribution < 1.29 is 34.1 Å². The van der Waals surface area contributed by atoms with Crippen LogP contribution < -0.4 is 0 Å². The van der Waals surface area contributed by atoms with Gasteiger partial charge in [0.25, 0.3) is 11.8 Å². The molecule has 9 nitrogen and oxygen atoms in total. The van der Waals surface area contributed by atoms with E-state index in [1.165, 1.54) is 16.7 Å². The number of aromatic nitrogens is 1. The number of carboxylic acids is 1. The maximum atomic E-state index is 12.9. The fraction of sp³-hybridized carbons (Fsp3) is 0.200. The first-order chi connectivity index (χ1) is 24.3.